The van der Waals surface area contributed by atoms with Crippen molar-refractivity contribution in [3.63, 3.8) is 0 Å². The van der Waals surface area contributed by atoms with Crippen LogP contribution in [-0.4, -0.2) is 21.6 Å². The number of aromatic nitrogens is 3. The van der Waals surface area contributed by atoms with Crippen molar-refractivity contribution in [2.45, 2.75) is 39.8 Å². The third-order valence-electron chi connectivity index (χ3n) is 1.73. The summed E-state index contributed by atoms with van der Waals surface area (Å²) in [6.45, 7) is 9.42. The number of hydroxylamine groups is 1. The van der Waals surface area contributed by atoms with Crippen molar-refractivity contribution in [2.75, 3.05) is 6.61 Å². The highest BCUT2D eigenvalue weighted by Crippen LogP contribution is 2.11. The first kappa shape index (κ1) is 11.1. The standard InChI is InChI=1S/C9H18N4O/c1-5-14-10-6-8-7-13(12-11-8)9(2,3)4/h7,10H,5-6H2,1-4H3. The Balaban J connectivity index is 2.51. The van der Waals surface area contributed by atoms with Crippen LogP contribution in [0.25, 0.3) is 0 Å². The molecule has 14 heavy (non-hydrogen) atoms. The zero-order valence-corrected chi connectivity index (χ0v) is 9.24. The highest BCUT2D eigenvalue weighted by Gasteiger charge is 2.14. The molecule has 0 spiro atoms. The van der Waals surface area contributed by atoms with E-state index in [4.69, 9.17) is 4.84 Å². The fourth-order valence-corrected chi connectivity index (χ4v) is 0.934. The van der Waals surface area contributed by atoms with Gasteiger partial charge in [-0.15, -0.1) is 5.10 Å². The van der Waals surface area contributed by atoms with Gasteiger partial charge in [-0.1, -0.05) is 5.21 Å². The summed E-state index contributed by atoms with van der Waals surface area (Å²) in [5.74, 6) is 0. The number of nitrogens with one attached hydrogen (secondary N) is 1. The lowest BCUT2D eigenvalue weighted by Gasteiger charge is -2.17. The first-order valence-corrected chi connectivity index (χ1v) is 4.80. The molecule has 0 unspecified atom stereocenters. The van der Waals surface area contributed by atoms with Gasteiger partial charge in [0.05, 0.1) is 30.6 Å². The van der Waals surface area contributed by atoms with Gasteiger partial charge in [0.2, 0.25) is 0 Å². The molecule has 0 aliphatic carbocycles. The zero-order chi connectivity index (χ0) is 10.6. The lowest BCUT2D eigenvalue weighted by atomic mass is 10.1. The normalized spacial score (nSPS) is 12.0. The summed E-state index contributed by atoms with van der Waals surface area (Å²) in [6, 6.07) is 0. The van der Waals surface area contributed by atoms with Crippen LogP contribution in [-0.2, 0) is 16.9 Å². The summed E-state index contributed by atoms with van der Waals surface area (Å²) in [5, 5.41) is 8.06. The smallest absolute Gasteiger partial charge is 0.0988 e. The van der Waals surface area contributed by atoms with Crippen LogP contribution in [0, 0.1) is 0 Å². The molecule has 0 bridgehead atoms. The van der Waals surface area contributed by atoms with Crippen LogP contribution in [0.5, 0.6) is 0 Å². The van der Waals surface area contributed by atoms with Crippen LogP contribution in [0.2, 0.25) is 0 Å². The van der Waals surface area contributed by atoms with E-state index in [1.165, 1.54) is 0 Å². The Morgan fingerprint density at radius 1 is 1.50 bits per heavy atom. The minimum Gasteiger partial charge on any atom is -0.302 e. The van der Waals surface area contributed by atoms with Crippen molar-refractivity contribution in [3.8, 4) is 0 Å². The SMILES string of the molecule is CCONCc1cn(C(C)(C)C)nn1. The molecule has 1 aromatic rings. The second kappa shape index (κ2) is 4.52. The summed E-state index contributed by atoms with van der Waals surface area (Å²) in [7, 11) is 0. The van der Waals surface area contributed by atoms with Gasteiger partial charge in [0.25, 0.3) is 0 Å². The number of hydrogen-bond donors (Lipinski definition) is 1. The van der Waals surface area contributed by atoms with E-state index < -0.39 is 0 Å². The van der Waals surface area contributed by atoms with E-state index in [0.29, 0.717) is 13.2 Å². The van der Waals surface area contributed by atoms with Crippen molar-refractivity contribution in [1.82, 2.24) is 20.5 Å². The van der Waals surface area contributed by atoms with Gasteiger partial charge in [0, 0.05) is 0 Å². The van der Waals surface area contributed by atoms with Crippen LogP contribution in [0.4, 0.5) is 0 Å². The van der Waals surface area contributed by atoms with Crippen LogP contribution < -0.4 is 5.48 Å². The second-order valence-electron chi connectivity index (χ2n) is 4.08. The molecule has 1 aromatic heterocycles. The van der Waals surface area contributed by atoms with Gasteiger partial charge in [-0.25, -0.2) is 4.68 Å². The maximum Gasteiger partial charge on any atom is 0.0988 e. The molecule has 1 heterocycles. The molecule has 1 N–H and O–H groups in total. The van der Waals surface area contributed by atoms with E-state index in [2.05, 4.69) is 36.6 Å². The van der Waals surface area contributed by atoms with Crippen LogP contribution >= 0.6 is 0 Å². The van der Waals surface area contributed by atoms with Crippen molar-refractivity contribution in [2.24, 2.45) is 0 Å². The minimum absolute atomic E-state index is 0.0170. The van der Waals surface area contributed by atoms with Gasteiger partial charge >= 0.3 is 0 Å². The fraction of sp³-hybridized carbons (Fsp3) is 0.778. The molecule has 0 fully saturated rings. The molecule has 0 aliphatic heterocycles. The van der Waals surface area contributed by atoms with Gasteiger partial charge in [-0.2, -0.15) is 5.48 Å². The summed E-state index contributed by atoms with van der Waals surface area (Å²) in [6.07, 6.45) is 1.92. The van der Waals surface area contributed by atoms with Crippen LogP contribution in [0.15, 0.2) is 6.20 Å². The average molecular weight is 198 g/mol. The third-order valence-corrected chi connectivity index (χ3v) is 1.73. The predicted molar refractivity (Wildman–Crippen MR) is 53.5 cm³/mol. The topological polar surface area (TPSA) is 52.0 Å². The molecule has 0 radical (unpaired) electrons. The Labute approximate surface area is 84.4 Å². The molecule has 0 aliphatic rings. The summed E-state index contributed by atoms with van der Waals surface area (Å²) in [4.78, 5) is 5.01. The van der Waals surface area contributed by atoms with E-state index in [9.17, 15) is 0 Å². The minimum atomic E-state index is -0.0170. The number of rotatable bonds is 4. The largest absolute Gasteiger partial charge is 0.302 e. The molecule has 0 amide bonds. The molecular formula is C9H18N4O. The molecule has 0 aromatic carbocycles. The quantitative estimate of drug-likeness (QED) is 0.581. The Kier molecular flexibility index (Phi) is 3.60. The second-order valence-corrected chi connectivity index (χ2v) is 4.08. The fourth-order valence-electron chi connectivity index (χ4n) is 0.934. The Bertz CT molecular complexity index is 277. The maximum absolute atomic E-state index is 5.01. The van der Waals surface area contributed by atoms with E-state index in [1.807, 2.05) is 17.8 Å². The zero-order valence-electron chi connectivity index (χ0n) is 9.24. The average Bonchev–Trinajstić information content (AvgIpc) is 2.52. The lowest BCUT2D eigenvalue weighted by molar-refractivity contribution is 0.0456. The van der Waals surface area contributed by atoms with Gasteiger partial charge in [-0.05, 0) is 27.7 Å². The third kappa shape index (κ3) is 3.08. The van der Waals surface area contributed by atoms with Gasteiger partial charge < -0.3 is 4.84 Å². The van der Waals surface area contributed by atoms with Crippen LogP contribution in [0.3, 0.4) is 0 Å². The van der Waals surface area contributed by atoms with Gasteiger partial charge in [0.1, 0.15) is 0 Å². The predicted octanol–water partition coefficient (Wildman–Crippen LogP) is 1.07. The number of nitrogens with zero attached hydrogens (tertiary/aromatic N) is 3. The van der Waals surface area contributed by atoms with Crippen molar-refractivity contribution >= 4 is 0 Å². The van der Waals surface area contributed by atoms with Crippen molar-refractivity contribution in [1.29, 1.82) is 0 Å². The first-order chi connectivity index (χ1) is 6.54. The molecule has 1 rings (SSSR count). The summed E-state index contributed by atoms with van der Waals surface area (Å²) >= 11 is 0. The molecule has 80 valence electrons. The highest BCUT2D eigenvalue weighted by atomic mass is 16.6. The Morgan fingerprint density at radius 3 is 2.71 bits per heavy atom. The van der Waals surface area contributed by atoms with E-state index >= 15 is 0 Å². The molecular weight excluding hydrogens is 180 g/mol. The molecule has 0 saturated heterocycles. The van der Waals surface area contributed by atoms with Gasteiger partial charge in [0.15, 0.2) is 0 Å². The maximum atomic E-state index is 5.01. The monoisotopic (exact) mass is 198 g/mol. The first-order valence-electron chi connectivity index (χ1n) is 4.80. The molecule has 5 nitrogen and oxygen atoms in total. The molecule has 0 atom stereocenters. The summed E-state index contributed by atoms with van der Waals surface area (Å²) < 4.78 is 1.84. The molecule has 5 heteroatoms. The lowest BCUT2D eigenvalue weighted by Crippen LogP contribution is -2.22. The van der Waals surface area contributed by atoms with E-state index in [-0.39, 0.29) is 5.54 Å². The van der Waals surface area contributed by atoms with Crippen LogP contribution in [0.1, 0.15) is 33.4 Å². The van der Waals surface area contributed by atoms with Crippen molar-refractivity contribution < 1.29 is 4.84 Å². The van der Waals surface area contributed by atoms with Gasteiger partial charge in [-0.3, -0.25) is 0 Å². The summed E-state index contributed by atoms with van der Waals surface area (Å²) in [5.41, 5.74) is 3.67. The van der Waals surface area contributed by atoms with E-state index in [1.54, 1.807) is 0 Å². The Hall–Kier alpha value is -0.940. The number of hydrogen-bond acceptors (Lipinski definition) is 4. The Morgan fingerprint density at radius 2 is 2.21 bits per heavy atom. The highest BCUT2D eigenvalue weighted by molar-refractivity contribution is 4.93. The van der Waals surface area contributed by atoms with E-state index in [0.717, 1.165) is 5.69 Å². The van der Waals surface area contributed by atoms with Crippen molar-refractivity contribution in [3.05, 3.63) is 11.9 Å². The molecule has 0 saturated carbocycles.